The Morgan fingerprint density at radius 2 is 1.80 bits per heavy atom. The molecule has 2 aliphatic heterocycles. The summed E-state index contributed by atoms with van der Waals surface area (Å²) in [4.78, 5) is 35.8. The van der Waals surface area contributed by atoms with Gasteiger partial charge in [0, 0.05) is 30.6 Å². The fourth-order valence-electron chi connectivity index (χ4n) is 5.49. The van der Waals surface area contributed by atoms with E-state index >= 15 is 0 Å². The molecule has 2 aliphatic rings. The van der Waals surface area contributed by atoms with Crippen LogP contribution < -0.4 is 24.8 Å². The van der Waals surface area contributed by atoms with Crippen LogP contribution in [0, 0.1) is 18.2 Å². The van der Waals surface area contributed by atoms with E-state index in [9.17, 15) is 14.0 Å². The predicted molar refractivity (Wildman–Crippen MR) is 171 cm³/mol. The van der Waals surface area contributed by atoms with Gasteiger partial charge < -0.3 is 34.5 Å². The Labute approximate surface area is 270 Å². The first-order valence-electron chi connectivity index (χ1n) is 14.8. The molecule has 4 aromatic rings. The standard InChI is InChI=1S/C33H33ClFN5O6/c1-20-3-5-24(35)27(13-20)39-32(42)38-25-6-4-21(14-23(25)34)46-31-22-15-28(43-2)29(16-26(22)36-19-37-31)45-12-7-30(41)40-10-8-33(9-11-40)17-44-18-33/h3-6,13-16,19H,7-12,17-18H2,1-2H3,(H2,38,39,42). The number of piperidine rings is 1. The number of methoxy groups -OCH3 is 1. The van der Waals surface area contributed by atoms with E-state index in [0.717, 1.165) is 44.7 Å². The second-order valence-electron chi connectivity index (χ2n) is 11.5. The summed E-state index contributed by atoms with van der Waals surface area (Å²) in [6, 6.07) is 11.9. The van der Waals surface area contributed by atoms with Crippen LogP contribution in [0.5, 0.6) is 23.1 Å². The van der Waals surface area contributed by atoms with Crippen molar-refractivity contribution in [1.82, 2.24) is 14.9 Å². The SMILES string of the molecule is COc1cc2c(Oc3ccc(NC(=O)Nc4cc(C)ccc4F)c(Cl)c3)ncnc2cc1OCCC(=O)N1CCC2(CC1)COC2. The molecule has 0 unspecified atom stereocenters. The topological polar surface area (TPSA) is 124 Å². The number of carbonyl (C=O) groups excluding carboxylic acids is 2. The molecule has 2 saturated heterocycles. The van der Waals surface area contributed by atoms with E-state index in [1.54, 1.807) is 37.3 Å². The molecule has 0 aliphatic carbocycles. The zero-order chi connectivity index (χ0) is 32.3. The Kier molecular flexibility index (Phi) is 9.09. The van der Waals surface area contributed by atoms with E-state index < -0.39 is 11.8 Å². The molecule has 46 heavy (non-hydrogen) atoms. The van der Waals surface area contributed by atoms with Crippen LogP contribution in [-0.4, -0.2) is 66.8 Å². The fraction of sp³-hybridized carbons (Fsp3) is 0.333. The Morgan fingerprint density at radius 1 is 1.02 bits per heavy atom. The van der Waals surface area contributed by atoms with Gasteiger partial charge in [-0.1, -0.05) is 17.7 Å². The van der Waals surface area contributed by atoms with E-state index in [4.69, 9.17) is 30.5 Å². The second kappa shape index (κ2) is 13.4. The fourth-order valence-corrected chi connectivity index (χ4v) is 5.71. The van der Waals surface area contributed by atoms with Gasteiger partial charge in [0.2, 0.25) is 11.8 Å². The molecule has 0 atom stereocenters. The number of urea groups is 1. The lowest BCUT2D eigenvalue weighted by atomic mass is 9.77. The van der Waals surface area contributed by atoms with E-state index in [2.05, 4.69) is 20.6 Å². The number of nitrogens with zero attached hydrogens (tertiary/aromatic N) is 3. The van der Waals surface area contributed by atoms with Crippen molar-refractivity contribution in [3.05, 3.63) is 71.3 Å². The predicted octanol–water partition coefficient (Wildman–Crippen LogP) is 6.58. The molecule has 3 heterocycles. The van der Waals surface area contributed by atoms with Gasteiger partial charge in [-0.25, -0.2) is 19.2 Å². The number of benzene rings is 3. The number of halogens is 2. The molecule has 13 heteroatoms. The van der Waals surface area contributed by atoms with Crippen LogP contribution in [0.2, 0.25) is 5.02 Å². The molecule has 3 amide bonds. The van der Waals surface area contributed by atoms with Crippen molar-refractivity contribution >= 4 is 45.8 Å². The zero-order valence-electron chi connectivity index (χ0n) is 25.4. The number of nitrogens with one attached hydrogen (secondary N) is 2. The normalized spacial score (nSPS) is 15.3. The van der Waals surface area contributed by atoms with Crippen LogP contribution in [-0.2, 0) is 9.53 Å². The van der Waals surface area contributed by atoms with Crippen LogP contribution in [0.1, 0.15) is 24.8 Å². The quantitative estimate of drug-likeness (QED) is 0.208. The zero-order valence-corrected chi connectivity index (χ0v) is 26.2. The molecule has 0 radical (unpaired) electrons. The van der Waals surface area contributed by atoms with Crippen molar-refractivity contribution < 1.29 is 32.9 Å². The molecular formula is C33H33ClFN5O6. The van der Waals surface area contributed by atoms with Gasteiger partial charge >= 0.3 is 6.03 Å². The Bertz CT molecular complexity index is 1780. The van der Waals surface area contributed by atoms with Crippen molar-refractivity contribution in [2.75, 3.05) is 50.7 Å². The Morgan fingerprint density at radius 3 is 2.52 bits per heavy atom. The third kappa shape index (κ3) is 6.92. The third-order valence-corrected chi connectivity index (χ3v) is 8.54. The van der Waals surface area contributed by atoms with Gasteiger partial charge in [0.15, 0.2) is 11.5 Å². The molecule has 1 aromatic heterocycles. The summed E-state index contributed by atoms with van der Waals surface area (Å²) < 4.78 is 37.0. The number of hydrogen-bond donors (Lipinski definition) is 2. The number of aromatic nitrogens is 2. The third-order valence-electron chi connectivity index (χ3n) is 8.22. The first-order chi connectivity index (χ1) is 22.2. The maximum absolute atomic E-state index is 14.0. The van der Waals surface area contributed by atoms with Crippen molar-refractivity contribution in [2.24, 2.45) is 5.41 Å². The number of rotatable bonds is 9. The molecule has 2 fully saturated rings. The number of carbonyl (C=O) groups is 2. The number of ether oxygens (including phenoxy) is 4. The van der Waals surface area contributed by atoms with Gasteiger partial charge in [0.05, 0.1) is 60.7 Å². The highest BCUT2D eigenvalue weighted by atomic mass is 35.5. The lowest BCUT2D eigenvalue weighted by Crippen LogP contribution is -2.52. The number of hydrogen-bond acceptors (Lipinski definition) is 8. The van der Waals surface area contributed by atoms with Crippen molar-refractivity contribution in [3.63, 3.8) is 0 Å². The second-order valence-corrected chi connectivity index (χ2v) is 11.9. The maximum atomic E-state index is 14.0. The van der Waals surface area contributed by atoms with Crippen LogP contribution in [0.4, 0.5) is 20.6 Å². The van der Waals surface area contributed by atoms with Gasteiger partial charge in [-0.3, -0.25) is 4.79 Å². The summed E-state index contributed by atoms with van der Waals surface area (Å²) in [7, 11) is 1.52. The van der Waals surface area contributed by atoms with Gasteiger partial charge in [0.1, 0.15) is 17.9 Å². The highest BCUT2D eigenvalue weighted by Crippen LogP contribution is 2.39. The van der Waals surface area contributed by atoms with E-state index in [1.807, 2.05) is 4.90 Å². The Hall–Kier alpha value is -4.68. The maximum Gasteiger partial charge on any atom is 0.323 e. The average molecular weight is 650 g/mol. The molecule has 1 spiro atoms. The van der Waals surface area contributed by atoms with Gasteiger partial charge in [0.25, 0.3) is 0 Å². The summed E-state index contributed by atoms with van der Waals surface area (Å²) in [5, 5.41) is 5.84. The van der Waals surface area contributed by atoms with Crippen molar-refractivity contribution in [2.45, 2.75) is 26.2 Å². The van der Waals surface area contributed by atoms with Crippen molar-refractivity contribution in [1.29, 1.82) is 0 Å². The molecule has 11 nitrogen and oxygen atoms in total. The molecule has 0 saturated carbocycles. The first-order valence-corrected chi connectivity index (χ1v) is 15.2. The summed E-state index contributed by atoms with van der Waals surface area (Å²) in [6.07, 6.45) is 3.56. The molecule has 3 aromatic carbocycles. The van der Waals surface area contributed by atoms with Gasteiger partial charge in [-0.15, -0.1) is 0 Å². The average Bonchev–Trinajstić information content (AvgIpc) is 3.03. The number of amides is 3. The summed E-state index contributed by atoms with van der Waals surface area (Å²) in [5.74, 6) is 0.982. The summed E-state index contributed by atoms with van der Waals surface area (Å²) >= 11 is 6.43. The number of anilines is 2. The number of fused-ring (bicyclic) bond motifs is 1. The minimum atomic E-state index is -0.653. The highest BCUT2D eigenvalue weighted by molar-refractivity contribution is 6.34. The highest BCUT2D eigenvalue weighted by Gasteiger charge is 2.41. The first kappa shape index (κ1) is 31.3. The lowest BCUT2D eigenvalue weighted by Gasteiger charge is -2.47. The molecule has 0 bridgehead atoms. The molecule has 2 N–H and O–H groups in total. The summed E-state index contributed by atoms with van der Waals surface area (Å²) in [6.45, 7) is 5.08. The largest absolute Gasteiger partial charge is 0.493 e. The minimum absolute atomic E-state index is 0.0527. The summed E-state index contributed by atoms with van der Waals surface area (Å²) in [5.41, 5.74) is 1.96. The number of aryl methyl sites for hydroxylation is 1. The molecule has 6 rings (SSSR count). The number of likely N-dealkylation sites (tertiary alicyclic amines) is 1. The van der Waals surface area contributed by atoms with Gasteiger partial charge in [-0.05, 0) is 55.7 Å². The van der Waals surface area contributed by atoms with Crippen LogP contribution in [0.3, 0.4) is 0 Å². The monoisotopic (exact) mass is 649 g/mol. The van der Waals surface area contributed by atoms with Crippen LogP contribution >= 0.6 is 11.6 Å². The van der Waals surface area contributed by atoms with Crippen LogP contribution in [0.25, 0.3) is 10.9 Å². The molecule has 240 valence electrons. The van der Waals surface area contributed by atoms with E-state index in [1.165, 1.54) is 31.6 Å². The smallest absolute Gasteiger partial charge is 0.323 e. The minimum Gasteiger partial charge on any atom is -0.493 e. The van der Waals surface area contributed by atoms with Gasteiger partial charge in [-0.2, -0.15) is 0 Å². The van der Waals surface area contributed by atoms with Crippen molar-refractivity contribution in [3.8, 4) is 23.1 Å². The van der Waals surface area contributed by atoms with E-state index in [0.29, 0.717) is 33.8 Å². The Balaban J connectivity index is 1.09. The van der Waals surface area contributed by atoms with Crippen LogP contribution in [0.15, 0.2) is 54.9 Å². The lowest BCUT2D eigenvalue weighted by molar-refractivity contribution is -0.153. The van der Waals surface area contributed by atoms with E-state index in [-0.39, 0.29) is 40.9 Å². The molecular weight excluding hydrogens is 617 g/mol.